The van der Waals surface area contributed by atoms with Crippen LogP contribution < -0.4 is 10.6 Å². The lowest BCUT2D eigenvalue weighted by Crippen LogP contribution is -2.29. The number of thioether (sulfide) groups is 1. The molecule has 0 bridgehead atoms. The molecular formula is C12H17N7OS. The van der Waals surface area contributed by atoms with Crippen LogP contribution in [0.15, 0.2) is 29.6 Å². The Hall–Kier alpha value is -2.16. The smallest absolute Gasteiger partial charge is 0.220 e. The minimum Gasteiger partial charge on any atom is -0.368 e. The fourth-order valence-electron chi connectivity index (χ4n) is 1.53. The summed E-state index contributed by atoms with van der Waals surface area (Å²) in [6.07, 6.45) is 2.15. The van der Waals surface area contributed by atoms with E-state index >= 15 is 0 Å². The number of pyridine rings is 1. The number of amides is 1. The van der Waals surface area contributed by atoms with E-state index < -0.39 is 0 Å². The van der Waals surface area contributed by atoms with Gasteiger partial charge in [0.15, 0.2) is 0 Å². The van der Waals surface area contributed by atoms with Crippen molar-refractivity contribution in [2.75, 3.05) is 24.2 Å². The van der Waals surface area contributed by atoms with Gasteiger partial charge in [0, 0.05) is 38.5 Å². The zero-order valence-corrected chi connectivity index (χ0v) is 12.5. The highest BCUT2D eigenvalue weighted by Gasteiger charge is 2.05. The highest BCUT2D eigenvalue weighted by atomic mass is 32.2. The molecule has 2 aromatic heterocycles. The second-order valence-electron chi connectivity index (χ2n) is 4.18. The molecule has 2 aromatic rings. The predicted octanol–water partition coefficient (Wildman–Crippen LogP) is 0.316. The van der Waals surface area contributed by atoms with Gasteiger partial charge in [-0.25, -0.2) is 9.67 Å². The van der Waals surface area contributed by atoms with Crippen LogP contribution in [0.5, 0.6) is 0 Å². The number of hydrogen-bond donors (Lipinski definition) is 2. The zero-order valence-electron chi connectivity index (χ0n) is 11.7. The van der Waals surface area contributed by atoms with Crippen LogP contribution >= 0.6 is 11.8 Å². The molecule has 0 unspecified atom stereocenters. The molecule has 0 aliphatic rings. The van der Waals surface area contributed by atoms with E-state index in [9.17, 15) is 4.79 Å². The molecular weight excluding hydrogens is 290 g/mol. The SMILES string of the molecule is Cn1nnnc1SCCC(=O)NCCNc1ccccn1. The predicted molar refractivity (Wildman–Crippen MR) is 79.9 cm³/mol. The van der Waals surface area contributed by atoms with Crippen molar-refractivity contribution in [3.05, 3.63) is 24.4 Å². The molecule has 0 spiro atoms. The maximum Gasteiger partial charge on any atom is 0.220 e. The molecule has 0 aliphatic carbocycles. The maximum atomic E-state index is 11.6. The van der Waals surface area contributed by atoms with Crippen LogP contribution in [-0.2, 0) is 11.8 Å². The minimum atomic E-state index is 0.0143. The summed E-state index contributed by atoms with van der Waals surface area (Å²) in [6, 6.07) is 5.65. The van der Waals surface area contributed by atoms with E-state index in [1.807, 2.05) is 18.2 Å². The van der Waals surface area contributed by atoms with Crippen LogP contribution in [-0.4, -0.2) is 49.9 Å². The Morgan fingerprint density at radius 2 is 2.29 bits per heavy atom. The largest absolute Gasteiger partial charge is 0.368 e. The number of hydrogen-bond acceptors (Lipinski definition) is 7. The zero-order chi connectivity index (χ0) is 14.9. The number of nitrogens with one attached hydrogen (secondary N) is 2. The van der Waals surface area contributed by atoms with Gasteiger partial charge in [-0.2, -0.15) is 0 Å². The van der Waals surface area contributed by atoms with Gasteiger partial charge in [-0.05, 0) is 22.6 Å². The van der Waals surface area contributed by atoms with Crippen molar-refractivity contribution >= 4 is 23.5 Å². The van der Waals surface area contributed by atoms with E-state index in [0.717, 1.165) is 5.82 Å². The van der Waals surface area contributed by atoms with Crippen molar-refractivity contribution in [3.8, 4) is 0 Å². The summed E-state index contributed by atoms with van der Waals surface area (Å²) in [6.45, 7) is 1.20. The van der Waals surface area contributed by atoms with Crippen molar-refractivity contribution in [3.63, 3.8) is 0 Å². The van der Waals surface area contributed by atoms with Gasteiger partial charge in [0.25, 0.3) is 0 Å². The Labute approximate surface area is 126 Å². The van der Waals surface area contributed by atoms with Crippen LogP contribution in [0, 0.1) is 0 Å². The summed E-state index contributed by atoms with van der Waals surface area (Å²) in [5.41, 5.74) is 0. The Bertz CT molecular complexity index is 560. The standard InChI is InChI=1S/C12H17N7OS/c1-19-12(16-17-18-19)21-9-5-11(20)15-8-7-14-10-4-2-3-6-13-10/h2-4,6H,5,7-9H2,1H3,(H,13,14)(H,15,20). The Kier molecular flexibility index (Phi) is 5.95. The van der Waals surface area contributed by atoms with Crippen molar-refractivity contribution in [1.82, 2.24) is 30.5 Å². The van der Waals surface area contributed by atoms with Crippen LogP contribution in [0.3, 0.4) is 0 Å². The number of aryl methyl sites for hydroxylation is 1. The van der Waals surface area contributed by atoms with Gasteiger partial charge in [0.05, 0.1) is 0 Å². The molecule has 2 rings (SSSR count). The van der Waals surface area contributed by atoms with Gasteiger partial charge in [0.1, 0.15) is 5.82 Å². The van der Waals surface area contributed by atoms with Crippen molar-refractivity contribution in [2.24, 2.45) is 7.05 Å². The molecule has 0 atom stereocenters. The van der Waals surface area contributed by atoms with E-state index in [-0.39, 0.29) is 5.91 Å². The van der Waals surface area contributed by atoms with E-state index in [1.54, 1.807) is 17.9 Å². The number of tetrazole rings is 1. The number of rotatable bonds is 8. The van der Waals surface area contributed by atoms with Crippen LogP contribution in [0.25, 0.3) is 0 Å². The van der Waals surface area contributed by atoms with Crippen molar-refractivity contribution in [2.45, 2.75) is 11.6 Å². The summed E-state index contributed by atoms with van der Waals surface area (Å²) in [5, 5.41) is 17.8. The van der Waals surface area contributed by atoms with Gasteiger partial charge in [-0.15, -0.1) is 5.10 Å². The first-order valence-corrected chi connectivity index (χ1v) is 7.51. The third kappa shape index (κ3) is 5.38. The van der Waals surface area contributed by atoms with Gasteiger partial charge >= 0.3 is 0 Å². The average molecular weight is 307 g/mol. The molecule has 2 N–H and O–H groups in total. The number of aromatic nitrogens is 5. The molecule has 9 heteroatoms. The molecule has 0 saturated carbocycles. The monoisotopic (exact) mass is 307 g/mol. The maximum absolute atomic E-state index is 11.6. The molecule has 2 heterocycles. The molecule has 0 aliphatic heterocycles. The lowest BCUT2D eigenvalue weighted by molar-refractivity contribution is -0.120. The molecule has 8 nitrogen and oxygen atoms in total. The van der Waals surface area contributed by atoms with Crippen molar-refractivity contribution in [1.29, 1.82) is 0 Å². The first-order chi connectivity index (χ1) is 10.3. The normalized spacial score (nSPS) is 10.3. The summed E-state index contributed by atoms with van der Waals surface area (Å²) in [5.74, 6) is 1.46. The molecule has 21 heavy (non-hydrogen) atoms. The van der Waals surface area contributed by atoms with Crippen molar-refractivity contribution < 1.29 is 4.79 Å². The highest BCUT2D eigenvalue weighted by molar-refractivity contribution is 7.99. The fraction of sp³-hybridized carbons (Fsp3) is 0.417. The number of carbonyl (C=O) groups is 1. The van der Waals surface area contributed by atoms with Crippen LogP contribution in [0.4, 0.5) is 5.82 Å². The first-order valence-electron chi connectivity index (χ1n) is 6.52. The number of nitrogens with zero attached hydrogens (tertiary/aromatic N) is 5. The van der Waals surface area contributed by atoms with E-state index in [1.165, 1.54) is 11.8 Å². The lowest BCUT2D eigenvalue weighted by atomic mass is 10.4. The first kappa shape index (κ1) is 15.2. The van der Waals surface area contributed by atoms with Gasteiger partial charge in [0.2, 0.25) is 11.1 Å². The molecule has 0 fully saturated rings. The third-order valence-electron chi connectivity index (χ3n) is 2.56. The Balaban J connectivity index is 1.55. The number of carbonyl (C=O) groups excluding carboxylic acids is 1. The summed E-state index contributed by atoms with van der Waals surface area (Å²) in [7, 11) is 1.77. The van der Waals surface area contributed by atoms with Gasteiger partial charge in [-0.3, -0.25) is 4.79 Å². The van der Waals surface area contributed by atoms with Gasteiger partial charge in [-0.1, -0.05) is 17.8 Å². The quantitative estimate of drug-likeness (QED) is 0.535. The Morgan fingerprint density at radius 1 is 1.38 bits per heavy atom. The third-order valence-corrected chi connectivity index (χ3v) is 3.57. The molecule has 112 valence electrons. The van der Waals surface area contributed by atoms with E-state index in [2.05, 4.69) is 31.1 Å². The molecule has 0 aromatic carbocycles. The van der Waals surface area contributed by atoms with E-state index in [4.69, 9.17) is 0 Å². The van der Waals surface area contributed by atoms with E-state index in [0.29, 0.717) is 30.4 Å². The second kappa shape index (κ2) is 8.20. The average Bonchev–Trinajstić information content (AvgIpc) is 2.90. The Morgan fingerprint density at radius 3 is 3.00 bits per heavy atom. The lowest BCUT2D eigenvalue weighted by Gasteiger charge is -2.07. The molecule has 0 radical (unpaired) electrons. The summed E-state index contributed by atoms with van der Waals surface area (Å²) < 4.78 is 1.58. The summed E-state index contributed by atoms with van der Waals surface area (Å²) in [4.78, 5) is 15.8. The summed E-state index contributed by atoms with van der Waals surface area (Å²) >= 11 is 1.46. The van der Waals surface area contributed by atoms with Crippen LogP contribution in [0.1, 0.15) is 6.42 Å². The van der Waals surface area contributed by atoms with Crippen LogP contribution in [0.2, 0.25) is 0 Å². The minimum absolute atomic E-state index is 0.0143. The topological polar surface area (TPSA) is 97.6 Å². The second-order valence-corrected chi connectivity index (χ2v) is 5.24. The molecule has 1 amide bonds. The fourth-order valence-corrected chi connectivity index (χ4v) is 2.31. The van der Waals surface area contributed by atoms with Gasteiger partial charge < -0.3 is 10.6 Å². The highest BCUT2D eigenvalue weighted by Crippen LogP contribution is 2.12. The molecule has 0 saturated heterocycles. The number of anilines is 1.